The predicted molar refractivity (Wildman–Crippen MR) is 69.4 cm³/mol. The van der Waals surface area contributed by atoms with Gasteiger partial charge in [0.25, 0.3) is 5.91 Å². The van der Waals surface area contributed by atoms with Gasteiger partial charge in [0.15, 0.2) is 6.61 Å². The Labute approximate surface area is 115 Å². The number of para-hydroxylation sites is 1. The van der Waals surface area contributed by atoms with Crippen molar-refractivity contribution in [2.24, 2.45) is 0 Å². The summed E-state index contributed by atoms with van der Waals surface area (Å²) in [6.45, 7) is 1.24. The fraction of sp³-hybridized carbons (Fsp3) is 0.308. The van der Waals surface area contributed by atoms with Crippen LogP contribution in [0.4, 0.5) is 14.9 Å². The van der Waals surface area contributed by atoms with Gasteiger partial charge in [0.2, 0.25) is 0 Å². The molecule has 7 heteroatoms. The van der Waals surface area contributed by atoms with Crippen molar-refractivity contribution >= 4 is 23.6 Å². The van der Waals surface area contributed by atoms with E-state index in [4.69, 9.17) is 0 Å². The number of rotatable bonds is 5. The van der Waals surface area contributed by atoms with E-state index in [-0.39, 0.29) is 12.1 Å². The second-order valence-electron chi connectivity index (χ2n) is 3.89. The van der Waals surface area contributed by atoms with Crippen LogP contribution in [0.5, 0.6) is 0 Å². The van der Waals surface area contributed by atoms with E-state index in [9.17, 15) is 18.8 Å². The molecule has 0 atom stereocenters. The summed E-state index contributed by atoms with van der Waals surface area (Å²) >= 11 is 0. The largest absolute Gasteiger partial charge is 0.456 e. The first-order valence-electron chi connectivity index (χ1n) is 6.04. The van der Waals surface area contributed by atoms with Crippen molar-refractivity contribution in [1.29, 1.82) is 0 Å². The van der Waals surface area contributed by atoms with Gasteiger partial charge in [-0.05, 0) is 18.6 Å². The van der Waals surface area contributed by atoms with Crippen molar-refractivity contribution in [3.63, 3.8) is 0 Å². The molecule has 0 unspecified atom stereocenters. The molecule has 1 rings (SSSR count). The van der Waals surface area contributed by atoms with E-state index in [1.165, 1.54) is 24.3 Å². The molecule has 0 saturated carbocycles. The number of amides is 3. The molecule has 2 N–H and O–H groups in total. The Morgan fingerprint density at radius 2 is 1.95 bits per heavy atom. The molecule has 0 radical (unpaired) electrons. The summed E-state index contributed by atoms with van der Waals surface area (Å²) < 4.78 is 17.8. The highest BCUT2D eigenvalue weighted by Gasteiger charge is 2.11. The van der Waals surface area contributed by atoms with Crippen molar-refractivity contribution in [1.82, 2.24) is 5.32 Å². The maximum absolute atomic E-state index is 13.2. The standard InChI is InChI=1S/C13H15FN2O4/c1-2-5-12(18)20-8-11(17)16-13(19)15-10-7-4-3-6-9(10)14/h3-4,6-7H,2,5,8H2,1H3,(H2,15,16,17,19). The first kappa shape index (κ1) is 15.6. The lowest BCUT2D eigenvalue weighted by Crippen LogP contribution is -2.37. The zero-order valence-corrected chi connectivity index (χ0v) is 10.9. The highest BCUT2D eigenvalue weighted by atomic mass is 19.1. The summed E-state index contributed by atoms with van der Waals surface area (Å²) in [5.41, 5.74) is -0.0548. The van der Waals surface area contributed by atoms with Gasteiger partial charge >= 0.3 is 12.0 Å². The second kappa shape index (κ2) is 7.88. The monoisotopic (exact) mass is 282 g/mol. The highest BCUT2D eigenvalue weighted by molar-refractivity contribution is 6.01. The van der Waals surface area contributed by atoms with Gasteiger partial charge in [-0.15, -0.1) is 0 Å². The number of anilines is 1. The topological polar surface area (TPSA) is 84.5 Å². The third kappa shape index (κ3) is 5.47. The molecule has 1 aromatic rings. The van der Waals surface area contributed by atoms with Gasteiger partial charge in [-0.25, -0.2) is 9.18 Å². The minimum Gasteiger partial charge on any atom is -0.456 e. The Morgan fingerprint density at radius 1 is 1.25 bits per heavy atom. The van der Waals surface area contributed by atoms with Gasteiger partial charge in [0.05, 0.1) is 5.69 Å². The minimum atomic E-state index is -0.897. The normalized spacial score (nSPS) is 9.70. The molecular formula is C13H15FN2O4. The molecule has 0 saturated heterocycles. The van der Waals surface area contributed by atoms with E-state index >= 15 is 0 Å². The molecular weight excluding hydrogens is 267 g/mol. The van der Waals surface area contributed by atoms with E-state index in [2.05, 4.69) is 10.1 Å². The number of hydrogen-bond donors (Lipinski definition) is 2. The number of esters is 1. The zero-order valence-electron chi connectivity index (χ0n) is 10.9. The third-order valence-corrected chi connectivity index (χ3v) is 2.19. The number of urea groups is 1. The SMILES string of the molecule is CCCC(=O)OCC(=O)NC(=O)Nc1ccccc1F. The molecule has 0 aromatic heterocycles. The highest BCUT2D eigenvalue weighted by Crippen LogP contribution is 2.11. The number of carbonyl (C=O) groups is 3. The molecule has 0 aliphatic carbocycles. The molecule has 0 aliphatic heterocycles. The number of halogens is 1. The van der Waals surface area contributed by atoms with Crippen molar-refractivity contribution in [2.75, 3.05) is 11.9 Å². The van der Waals surface area contributed by atoms with Gasteiger partial charge in [0, 0.05) is 6.42 Å². The van der Waals surface area contributed by atoms with Crippen LogP contribution >= 0.6 is 0 Å². The quantitative estimate of drug-likeness (QED) is 0.807. The fourth-order valence-electron chi connectivity index (χ4n) is 1.30. The lowest BCUT2D eigenvalue weighted by Gasteiger charge is -2.07. The molecule has 0 fully saturated rings. The smallest absolute Gasteiger partial charge is 0.326 e. The number of benzene rings is 1. The van der Waals surface area contributed by atoms with Crippen molar-refractivity contribution in [2.45, 2.75) is 19.8 Å². The van der Waals surface area contributed by atoms with Gasteiger partial charge in [-0.1, -0.05) is 19.1 Å². The Bertz CT molecular complexity index is 505. The predicted octanol–water partition coefficient (Wildman–Crippen LogP) is 1.82. The lowest BCUT2D eigenvalue weighted by molar-refractivity contribution is -0.148. The average Bonchev–Trinajstić information content (AvgIpc) is 2.39. The van der Waals surface area contributed by atoms with Crippen LogP contribution in [0.15, 0.2) is 24.3 Å². The van der Waals surface area contributed by atoms with E-state index in [1.807, 2.05) is 5.32 Å². The van der Waals surface area contributed by atoms with Crippen molar-refractivity contribution in [3.8, 4) is 0 Å². The van der Waals surface area contributed by atoms with Gasteiger partial charge in [-0.2, -0.15) is 0 Å². The van der Waals surface area contributed by atoms with Crippen LogP contribution < -0.4 is 10.6 Å². The van der Waals surface area contributed by atoms with Crippen LogP contribution in [0, 0.1) is 5.82 Å². The first-order valence-corrected chi connectivity index (χ1v) is 6.04. The van der Waals surface area contributed by atoms with Crippen LogP contribution in [0.1, 0.15) is 19.8 Å². The fourth-order valence-corrected chi connectivity index (χ4v) is 1.30. The third-order valence-electron chi connectivity index (χ3n) is 2.19. The van der Waals surface area contributed by atoms with E-state index in [1.54, 1.807) is 6.92 Å². The van der Waals surface area contributed by atoms with Crippen molar-refractivity contribution < 1.29 is 23.5 Å². The lowest BCUT2D eigenvalue weighted by atomic mass is 10.3. The molecule has 3 amide bonds. The molecule has 108 valence electrons. The minimum absolute atomic E-state index is 0.0548. The summed E-state index contributed by atoms with van der Waals surface area (Å²) in [5.74, 6) is -1.93. The van der Waals surface area contributed by atoms with Crippen LogP contribution in [-0.2, 0) is 14.3 Å². The summed E-state index contributed by atoms with van der Waals surface area (Å²) in [5, 5.41) is 4.09. The number of hydrogen-bond acceptors (Lipinski definition) is 4. The van der Waals surface area contributed by atoms with Crippen LogP contribution in [0.2, 0.25) is 0 Å². The molecule has 0 bridgehead atoms. The van der Waals surface area contributed by atoms with Gasteiger partial charge < -0.3 is 10.1 Å². The number of carbonyl (C=O) groups excluding carboxylic acids is 3. The molecule has 6 nitrogen and oxygen atoms in total. The Kier molecular flexibility index (Phi) is 6.15. The molecule has 0 heterocycles. The Morgan fingerprint density at radius 3 is 2.60 bits per heavy atom. The maximum atomic E-state index is 13.2. The number of imide groups is 1. The van der Waals surface area contributed by atoms with Crippen LogP contribution in [-0.4, -0.2) is 24.5 Å². The summed E-state index contributed by atoms with van der Waals surface area (Å²) in [7, 11) is 0. The van der Waals surface area contributed by atoms with Gasteiger partial charge in [0.1, 0.15) is 5.82 Å². The van der Waals surface area contributed by atoms with E-state index < -0.39 is 30.3 Å². The maximum Gasteiger partial charge on any atom is 0.326 e. The Balaban J connectivity index is 2.37. The zero-order chi connectivity index (χ0) is 15.0. The molecule has 0 spiro atoms. The average molecular weight is 282 g/mol. The number of ether oxygens (including phenoxy) is 1. The molecule has 20 heavy (non-hydrogen) atoms. The van der Waals surface area contributed by atoms with E-state index in [0.717, 1.165) is 0 Å². The summed E-state index contributed by atoms with van der Waals surface area (Å²) in [6.07, 6.45) is 0.808. The van der Waals surface area contributed by atoms with Crippen LogP contribution in [0.25, 0.3) is 0 Å². The van der Waals surface area contributed by atoms with Crippen molar-refractivity contribution in [3.05, 3.63) is 30.1 Å². The second-order valence-corrected chi connectivity index (χ2v) is 3.89. The van der Waals surface area contributed by atoms with E-state index in [0.29, 0.717) is 6.42 Å². The van der Waals surface area contributed by atoms with Gasteiger partial charge in [-0.3, -0.25) is 14.9 Å². The molecule has 1 aromatic carbocycles. The summed E-state index contributed by atoms with van der Waals surface area (Å²) in [4.78, 5) is 33.7. The number of nitrogens with one attached hydrogen (secondary N) is 2. The Hall–Kier alpha value is -2.44. The first-order chi connectivity index (χ1) is 9.52. The summed E-state index contributed by atoms with van der Waals surface area (Å²) in [6, 6.07) is 4.63. The van der Waals surface area contributed by atoms with Crippen LogP contribution in [0.3, 0.4) is 0 Å². The molecule has 0 aliphatic rings.